The molecule has 0 saturated heterocycles. The van der Waals surface area contributed by atoms with Crippen molar-refractivity contribution in [2.75, 3.05) is 31.3 Å². The number of hydrogen-bond acceptors (Lipinski definition) is 6. The number of allylic oxidation sites excluding steroid dienone is 1. The van der Waals surface area contributed by atoms with Crippen molar-refractivity contribution in [3.8, 4) is 0 Å². The van der Waals surface area contributed by atoms with Crippen LogP contribution < -0.4 is 32.4 Å². The minimum atomic E-state index is -0.0266. The number of unbranched alkanes of at least 4 members (excludes halogenated alkanes) is 2. The number of rotatable bonds is 19. The molecule has 3 rings (SSSR count). The van der Waals surface area contributed by atoms with Crippen molar-refractivity contribution in [3.63, 3.8) is 0 Å². The SMILES string of the molecule is C=C(N)NCCSC(C(=C)Nc1ccc(COC)cc1)C1(C(=C)NCCCCCn2c(=C)ccc2=C)CCC1. The van der Waals surface area contributed by atoms with Gasteiger partial charge in [0.2, 0.25) is 0 Å². The highest BCUT2D eigenvalue weighted by Crippen LogP contribution is 2.54. The van der Waals surface area contributed by atoms with E-state index in [0.717, 1.165) is 90.8 Å². The summed E-state index contributed by atoms with van der Waals surface area (Å²) in [6, 6.07) is 12.4. The molecule has 1 unspecified atom stereocenters. The van der Waals surface area contributed by atoms with Gasteiger partial charge in [-0.05, 0) is 61.9 Å². The van der Waals surface area contributed by atoms with E-state index in [-0.39, 0.29) is 10.7 Å². The number of nitrogens with one attached hydrogen (secondary N) is 3. The van der Waals surface area contributed by atoms with Gasteiger partial charge in [-0.15, -0.1) is 11.8 Å². The van der Waals surface area contributed by atoms with Gasteiger partial charge in [-0.1, -0.05) is 51.4 Å². The van der Waals surface area contributed by atoms with Gasteiger partial charge < -0.3 is 31.0 Å². The van der Waals surface area contributed by atoms with Crippen molar-refractivity contribution in [1.29, 1.82) is 0 Å². The second-order valence-corrected chi connectivity index (χ2v) is 11.6. The molecule has 1 aliphatic carbocycles. The van der Waals surface area contributed by atoms with Gasteiger partial charge in [-0.25, -0.2) is 0 Å². The van der Waals surface area contributed by atoms with Crippen molar-refractivity contribution >= 4 is 30.6 Å². The van der Waals surface area contributed by atoms with E-state index in [1.54, 1.807) is 7.11 Å². The molecule has 1 fully saturated rings. The fourth-order valence-electron chi connectivity index (χ4n) is 5.19. The summed E-state index contributed by atoms with van der Waals surface area (Å²) >= 11 is 1.91. The fraction of sp³-hybridized carbons (Fsp3) is 0.438. The van der Waals surface area contributed by atoms with Crippen molar-refractivity contribution in [2.24, 2.45) is 11.1 Å². The molecule has 1 atom stereocenters. The summed E-state index contributed by atoms with van der Waals surface area (Å²) in [6.07, 6.45) is 6.76. The van der Waals surface area contributed by atoms with Gasteiger partial charge in [0.15, 0.2) is 0 Å². The summed E-state index contributed by atoms with van der Waals surface area (Å²) in [7, 11) is 1.71. The predicted molar refractivity (Wildman–Crippen MR) is 169 cm³/mol. The Morgan fingerprint density at radius 2 is 1.69 bits per heavy atom. The second-order valence-electron chi connectivity index (χ2n) is 10.4. The fourth-order valence-corrected chi connectivity index (χ4v) is 6.61. The molecule has 1 aromatic heterocycles. The number of anilines is 1. The smallest absolute Gasteiger partial charge is 0.0886 e. The summed E-state index contributed by atoms with van der Waals surface area (Å²) in [4.78, 5) is 0. The number of nitrogens with two attached hydrogens (primary N) is 1. The molecule has 212 valence electrons. The quantitative estimate of drug-likeness (QED) is 0.191. The number of methoxy groups -OCH3 is 1. The van der Waals surface area contributed by atoms with Gasteiger partial charge in [0, 0.05) is 65.7 Å². The third kappa shape index (κ3) is 8.48. The first-order chi connectivity index (χ1) is 18.8. The maximum Gasteiger partial charge on any atom is 0.0886 e. The Morgan fingerprint density at radius 3 is 2.28 bits per heavy atom. The Bertz CT molecular complexity index is 1170. The molecule has 1 heterocycles. The molecule has 5 N–H and O–H groups in total. The molecule has 0 amide bonds. The van der Waals surface area contributed by atoms with E-state index in [1.165, 1.54) is 6.42 Å². The molecule has 0 spiro atoms. The van der Waals surface area contributed by atoms with Crippen LogP contribution in [0.2, 0.25) is 0 Å². The third-order valence-electron chi connectivity index (χ3n) is 7.53. The molecule has 1 saturated carbocycles. The lowest BCUT2D eigenvalue weighted by Gasteiger charge is -2.49. The van der Waals surface area contributed by atoms with Crippen LogP contribution >= 0.6 is 11.8 Å². The lowest BCUT2D eigenvalue weighted by Crippen LogP contribution is -2.47. The number of ether oxygens (including phenoxy) is 1. The number of nitrogens with zero attached hydrogens (tertiary/aromatic N) is 1. The molecule has 0 aliphatic heterocycles. The van der Waals surface area contributed by atoms with Crippen molar-refractivity contribution in [1.82, 2.24) is 15.2 Å². The minimum Gasteiger partial charge on any atom is -0.388 e. The van der Waals surface area contributed by atoms with Crippen LogP contribution in [0, 0.1) is 5.41 Å². The van der Waals surface area contributed by atoms with Gasteiger partial charge in [0.1, 0.15) is 0 Å². The third-order valence-corrected chi connectivity index (χ3v) is 9.04. The van der Waals surface area contributed by atoms with Crippen LogP contribution in [0.4, 0.5) is 5.69 Å². The summed E-state index contributed by atoms with van der Waals surface area (Å²) in [5, 5.41) is 12.7. The number of benzene rings is 1. The molecule has 39 heavy (non-hydrogen) atoms. The van der Waals surface area contributed by atoms with Crippen LogP contribution in [0.3, 0.4) is 0 Å². The number of aromatic nitrogens is 1. The zero-order valence-electron chi connectivity index (χ0n) is 23.7. The topological polar surface area (TPSA) is 76.3 Å². The van der Waals surface area contributed by atoms with Gasteiger partial charge in [0.25, 0.3) is 0 Å². The molecule has 1 aliphatic rings. The second kappa shape index (κ2) is 14.9. The van der Waals surface area contributed by atoms with Crippen LogP contribution in [0.1, 0.15) is 44.1 Å². The minimum absolute atomic E-state index is 0.0266. The Hall–Kier alpha value is -3.03. The van der Waals surface area contributed by atoms with E-state index in [4.69, 9.17) is 10.5 Å². The number of hydrogen-bond donors (Lipinski definition) is 4. The van der Waals surface area contributed by atoms with E-state index in [2.05, 4.69) is 77.7 Å². The number of thioether (sulfide) groups is 1. The van der Waals surface area contributed by atoms with E-state index >= 15 is 0 Å². The first-order valence-corrected chi connectivity index (χ1v) is 14.9. The van der Waals surface area contributed by atoms with E-state index in [9.17, 15) is 0 Å². The average molecular weight is 550 g/mol. The average Bonchev–Trinajstić information content (AvgIpc) is 3.20. The Kier molecular flexibility index (Phi) is 11.7. The lowest BCUT2D eigenvalue weighted by atomic mass is 9.63. The molecular weight excluding hydrogens is 502 g/mol. The monoisotopic (exact) mass is 549 g/mol. The molecule has 1 aromatic carbocycles. The Labute approximate surface area is 239 Å². The molecule has 0 bridgehead atoms. The predicted octanol–water partition coefficient (Wildman–Crippen LogP) is 4.65. The standard InChI is InChI=1S/C32H47N5OS/c1-24-11-12-25(2)37(24)21-9-7-8-19-34-27(4)32(17-10-18-32)31(39-22-20-35-28(5)33)26(3)36-30-15-13-29(14-16-30)23-38-6/h11-16,31,34-36H,1-5,7-10,17-23,33H2,6H3. The Balaban J connectivity index is 1.59. The van der Waals surface area contributed by atoms with Crippen LogP contribution in [0.15, 0.2) is 73.4 Å². The van der Waals surface area contributed by atoms with Gasteiger partial charge in [0.05, 0.1) is 17.7 Å². The van der Waals surface area contributed by atoms with Gasteiger partial charge in [-0.3, -0.25) is 0 Å². The first kappa shape index (κ1) is 30.5. The van der Waals surface area contributed by atoms with Crippen LogP contribution in [-0.4, -0.2) is 35.8 Å². The summed E-state index contributed by atoms with van der Waals surface area (Å²) in [5.74, 6) is 1.39. The molecule has 0 radical (unpaired) electrons. The highest BCUT2D eigenvalue weighted by atomic mass is 32.2. The van der Waals surface area contributed by atoms with Crippen LogP contribution in [0.5, 0.6) is 0 Å². The summed E-state index contributed by atoms with van der Waals surface area (Å²) in [5.41, 5.74) is 10.0. The van der Waals surface area contributed by atoms with Crippen molar-refractivity contribution in [2.45, 2.75) is 56.9 Å². The first-order valence-electron chi connectivity index (χ1n) is 13.9. The zero-order chi connectivity index (χ0) is 28.3. The molecule has 6 nitrogen and oxygen atoms in total. The largest absolute Gasteiger partial charge is 0.388 e. The maximum absolute atomic E-state index is 5.72. The molecular formula is C32H47N5OS. The van der Waals surface area contributed by atoms with E-state index in [1.807, 2.05) is 23.9 Å². The normalized spacial score (nSPS) is 14.7. The lowest BCUT2D eigenvalue weighted by molar-refractivity contribution is 0.181. The molecule has 2 aromatic rings. The van der Waals surface area contributed by atoms with Crippen molar-refractivity contribution < 1.29 is 4.74 Å². The highest BCUT2D eigenvalue weighted by Gasteiger charge is 2.47. The van der Waals surface area contributed by atoms with E-state index in [0.29, 0.717) is 12.4 Å². The summed E-state index contributed by atoms with van der Waals surface area (Å²) < 4.78 is 7.44. The maximum atomic E-state index is 5.72. The van der Waals surface area contributed by atoms with Crippen LogP contribution in [-0.2, 0) is 17.9 Å². The van der Waals surface area contributed by atoms with Crippen LogP contribution in [0.25, 0.3) is 13.2 Å². The van der Waals surface area contributed by atoms with Gasteiger partial charge >= 0.3 is 0 Å². The Morgan fingerprint density at radius 1 is 1.00 bits per heavy atom. The van der Waals surface area contributed by atoms with Gasteiger partial charge in [-0.2, -0.15) is 0 Å². The zero-order valence-corrected chi connectivity index (χ0v) is 24.5. The van der Waals surface area contributed by atoms with Crippen molar-refractivity contribution in [3.05, 3.63) is 89.6 Å². The van der Waals surface area contributed by atoms with E-state index < -0.39 is 0 Å². The highest BCUT2D eigenvalue weighted by molar-refractivity contribution is 8.00. The summed E-state index contributed by atoms with van der Waals surface area (Å²) in [6.45, 7) is 24.3. The molecule has 7 heteroatoms.